The van der Waals surface area contributed by atoms with Gasteiger partial charge in [0.2, 0.25) is 0 Å². The van der Waals surface area contributed by atoms with Crippen LogP contribution in [0.1, 0.15) is 27.2 Å². The smallest absolute Gasteiger partial charge is 0.410 e. The fraction of sp³-hybridized carbons (Fsp3) is 0.917. The van der Waals surface area contributed by atoms with E-state index in [1.165, 1.54) is 0 Å². The molecule has 5 heteroatoms. The topological polar surface area (TPSA) is 50.8 Å². The molecule has 0 aromatic carbocycles. The molecule has 1 heterocycles. The first kappa shape index (κ1) is 14.3. The summed E-state index contributed by atoms with van der Waals surface area (Å²) in [7, 11) is 0. The molecule has 1 amide bonds. The zero-order valence-electron chi connectivity index (χ0n) is 11.1. The van der Waals surface area contributed by atoms with E-state index in [-0.39, 0.29) is 6.09 Å². The molecule has 5 nitrogen and oxygen atoms in total. The van der Waals surface area contributed by atoms with Crippen molar-refractivity contribution < 1.29 is 14.3 Å². The number of nitrogens with zero attached hydrogens (tertiary/aromatic N) is 1. The first-order chi connectivity index (χ1) is 7.99. The van der Waals surface area contributed by atoms with Gasteiger partial charge in [-0.05, 0) is 33.7 Å². The van der Waals surface area contributed by atoms with Gasteiger partial charge in [0.25, 0.3) is 0 Å². The highest BCUT2D eigenvalue weighted by atomic mass is 16.6. The van der Waals surface area contributed by atoms with Crippen molar-refractivity contribution >= 4 is 6.09 Å². The van der Waals surface area contributed by atoms with Gasteiger partial charge in [0.15, 0.2) is 0 Å². The van der Waals surface area contributed by atoms with Crippen LogP contribution < -0.4 is 5.32 Å². The van der Waals surface area contributed by atoms with E-state index in [0.717, 1.165) is 19.5 Å². The molecule has 1 rings (SSSR count). The van der Waals surface area contributed by atoms with E-state index in [9.17, 15) is 4.79 Å². The summed E-state index contributed by atoms with van der Waals surface area (Å²) in [5.74, 6) is 0. The summed E-state index contributed by atoms with van der Waals surface area (Å²) in [6.07, 6.45) is 0.695. The largest absolute Gasteiger partial charge is 0.444 e. The summed E-state index contributed by atoms with van der Waals surface area (Å²) < 4.78 is 10.8. The van der Waals surface area contributed by atoms with Crippen molar-refractivity contribution in [3.05, 3.63) is 0 Å². The minimum atomic E-state index is -0.439. The summed E-state index contributed by atoms with van der Waals surface area (Å²) in [5.41, 5.74) is -0.439. The Morgan fingerprint density at radius 1 is 1.24 bits per heavy atom. The summed E-state index contributed by atoms with van der Waals surface area (Å²) >= 11 is 0. The van der Waals surface area contributed by atoms with Crippen molar-refractivity contribution in [2.45, 2.75) is 32.8 Å². The molecule has 17 heavy (non-hydrogen) atoms. The molecule has 0 unspecified atom stereocenters. The molecule has 0 radical (unpaired) electrons. The van der Waals surface area contributed by atoms with Gasteiger partial charge in [-0.3, -0.25) is 0 Å². The minimum Gasteiger partial charge on any atom is -0.444 e. The third kappa shape index (κ3) is 6.48. The van der Waals surface area contributed by atoms with Gasteiger partial charge in [0, 0.05) is 19.6 Å². The van der Waals surface area contributed by atoms with Crippen molar-refractivity contribution in [1.29, 1.82) is 0 Å². The van der Waals surface area contributed by atoms with Gasteiger partial charge >= 0.3 is 6.09 Å². The number of rotatable bonds is 0. The molecular formula is C12H24N2O3. The molecule has 0 atom stereocenters. The lowest BCUT2D eigenvalue weighted by Crippen LogP contribution is -2.41. The number of amides is 1. The number of hydrogen-bond acceptors (Lipinski definition) is 4. The molecule has 0 aromatic heterocycles. The first-order valence-electron chi connectivity index (χ1n) is 6.25. The van der Waals surface area contributed by atoms with E-state index >= 15 is 0 Å². The van der Waals surface area contributed by atoms with Gasteiger partial charge in [-0.25, -0.2) is 4.79 Å². The van der Waals surface area contributed by atoms with Gasteiger partial charge in [0.05, 0.1) is 13.2 Å². The quantitative estimate of drug-likeness (QED) is 0.696. The highest BCUT2D eigenvalue weighted by molar-refractivity contribution is 5.68. The highest BCUT2D eigenvalue weighted by Crippen LogP contribution is 2.10. The maximum Gasteiger partial charge on any atom is 0.410 e. The third-order valence-electron chi connectivity index (χ3n) is 2.36. The van der Waals surface area contributed by atoms with Gasteiger partial charge in [-0.2, -0.15) is 0 Å². The van der Waals surface area contributed by atoms with E-state index in [1.807, 2.05) is 20.8 Å². The number of ether oxygens (including phenoxy) is 2. The second-order valence-electron chi connectivity index (χ2n) is 5.18. The second kappa shape index (κ2) is 6.81. The normalized spacial score (nSPS) is 19.8. The monoisotopic (exact) mass is 244 g/mol. The van der Waals surface area contributed by atoms with Crippen LogP contribution in [-0.4, -0.2) is 56.0 Å². The van der Waals surface area contributed by atoms with Gasteiger partial charge in [0.1, 0.15) is 5.60 Å². The van der Waals surface area contributed by atoms with Crippen LogP contribution >= 0.6 is 0 Å². The summed E-state index contributed by atoms with van der Waals surface area (Å²) in [6, 6.07) is 0. The maximum absolute atomic E-state index is 11.9. The van der Waals surface area contributed by atoms with Crippen LogP contribution in [-0.2, 0) is 9.47 Å². The van der Waals surface area contributed by atoms with Crippen molar-refractivity contribution in [2.24, 2.45) is 0 Å². The summed E-state index contributed by atoms with van der Waals surface area (Å²) in [6.45, 7) is 10.0. The number of hydrogen-bond donors (Lipinski definition) is 1. The molecule has 1 saturated heterocycles. The Kier molecular flexibility index (Phi) is 5.71. The standard InChI is InChI=1S/C12H24N2O3/c1-12(2,3)17-11(15)14-7-4-5-13-6-9-16-10-8-14/h13H,4-10H2,1-3H3. The molecule has 1 fully saturated rings. The molecule has 0 aromatic rings. The number of nitrogens with one attached hydrogen (secondary N) is 1. The van der Waals surface area contributed by atoms with Gasteiger partial charge in [-0.1, -0.05) is 0 Å². The first-order valence-corrected chi connectivity index (χ1v) is 6.25. The van der Waals surface area contributed by atoms with Crippen molar-refractivity contribution in [3.8, 4) is 0 Å². The SMILES string of the molecule is CC(C)(C)OC(=O)N1CCCNCCOCC1. The average molecular weight is 244 g/mol. The van der Waals surface area contributed by atoms with Crippen molar-refractivity contribution in [2.75, 3.05) is 39.4 Å². The molecule has 0 aliphatic carbocycles. The van der Waals surface area contributed by atoms with Crippen molar-refractivity contribution in [3.63, 3.8) is 0 Å². The lowest BCUT2D eigenvalue weighted by Gasteiger charge is -2.28. The van der Waals surface area contributed by atoms with E-state index in [4.69, 9.17) is 9.47 Å². The van der Waals surface area contributed by atoms with E-state index < -0.39 is 5.60 Å². The van der Waals surface area contributed by atoms with Crippen molar-refractivity contribution in [1.82, 2.24) is 10.2 Å². The maximum atomic E-state index is 11.9. The Bertz CT molecular complexity index is 228. The lowest BCUT2D eigenvalue weighted by atomic mass is 10.2. The van der Waals surface area contributed by atoms with E-state index in [1.54, 1.807) is 4.90 Å². The minimum absolute atomic E-state index is 0.248. The van der Waals surface area contributed by atoms with Gasteiger partial charge < -0.3 is 19.7 Å². The lowest BCUT2D eigenvalue weighted by molar-refractivity contribution is 0.0164. The van der Waals surface area contributed by atoms with Crippen LogP contribution in [0.5, 0.6) is 0 Å². The van der Waals surface area contributed by atoms with Crippen LogP contribution in [0.25, 0.3) is 0 Å². The zero-order chi connectivity index (χ0) is 12.7. The summed E-state index contributed by atoms with van der Waals surface area (Å²) in [5, 5.41) is 3.26. The highest BCUT2D eigenvalue weighted by Gasteiger charge is 2.21. The Morgan fingerprint density at radius 3 is 2.71 bits per heavy atom. The Balaban J connectivity index is 2.43. The molecule has 0 bridgehead atoms. The molecular weight excluding hydrogens is 220 g/mol. The Morgan fingerprint density at radius 2 is 2.00 bits per heavy atom. The zero-order valence-corrected chi connectivity index (χ0v) is 11.1. The predicted molar refractivity (Wildman–Crippen MR) is 66.1 cm³/mol. The predicted octanol–water partition coefficient (Wildman–Crippen LogP) is 1.23. The van der Waals surface area contributed by atoms with E-state index in [2.05, 4.69) is 5.32 Å². The number of carbonyl (C=O) groups excluding carboxylic acids is 1. The second-order valence-corrected chi connectivity index (χ2v) is 5.18. The van der Waals surface area contributed by atoms with Gasteiger partial charge in [-0.15, -0.1) is 0 Å². The fourth-order valence-electron chi connectivity index (χ4n) is 1.56. The van der Waals surface area contributed by atoms with Crippen LogP contribution in [0.3, 0.4) is 0 Å². The fourth-order valence-corrected chi connectivity index (χ4v) is 1.56. The summed E-state index contributed by atoms with van der Waals surface area (Å²) in [4.78, 5) is 13.6. The molecule has 1 aliphatic rings. The molecule has 100 valence electrons. The molecule has 1 N–H and O–H groups in total. The third-order valence-corrected chi connectivity index (χ3v) is 2.36. The molecule has 1 aliphatic heterocycles. The Hall–Kier alpha value is -0.810. The van der Waals surface area contributed by atoms with E-state index in [0.29, 0.717) is 26.3 Å². The average Bonchev–Trinajstić information content (AvgIpc) is 2.23. The number of carbonyl (C=O) groups is 1. The molecule has 0 spiro atoms. The Labute approximate surface area is 103 Å². The van der Waals surface area contributed by atoms with Crippen LogP contribution in [0.4, 0.5) is 4.79 Å². The van der Waals surface area contributed by atoms with Crippen LogP contribution in [0.15, 0.2) is 0 Å². The van der Waals surface area contributed by atoms with Crippen LogP contribution in [0, 0.1) is 0 Å². The van der Waals surface area contributed by atoms with Crippen LogP contribution in [0.2, 0.25) is 0 Å². The molecule has 0 saturated carbocycles.